The second-order valence-electron chi connectivity index (χ2n) is 9.97. The molecule has 38 heavy (non-hydrogen) atoms. The second kappa shape index (κ2) is 10.8. The van der Waals surface area contributed by atoms with Crippen LogP contribution in [0.2, 0.25) is 5.02 Å². The third-order valence-electron chi connectivity index (χ3n) is 6.63. The summed E-state index contributed by atoms with van der Waals surface area (Å²) in [7, 11) is 0. The Morgan fingerprint density at radius 1 is 1.05 bits per heavy atom. The molecule has 1 aliphatic rings. The number of anilines is 2. The molecule has 0 unspecified atom stereocenters. The van der Waals surface area contributed by atoms with Crippen molar-refractivity contribution in [3.63, 3.8) is 0 Å². The number of hydrogen-bond donors (Lipinski definition) is 1. The maximum atomic E-state index is 13.7. The van der Waals surface area contributed by atoms with E-state index in [0.717, 1.165) is 33.3 Å². The molecule has 0 saturated carbocycles. The van der Waals surface area contributed by atoms with Crippen LogP contribution >= 0.6 is 11.6 Å². The first-order chi connectivity index (χ1) is 18.2. The topological polar surface area (TPSA) is 101 Å². The van der Waals surface area contributed by atoms with Gasteiger partial charge in [0.15, 0.2) is 5.79 Å². The highest BCUT2D eigenvalue weighted by molar-refractivity contribution is 6.30. The Kier molecular flexibility index (Phi) is 7.43. The average Bonchev–Trinajstić information content (AvgIpc) is 3.31. The molecule has 0 bridgehead atoms. The van der Waals surface area contributed by atoms with Gasteiger partial charge in [-0.2, -0.15) is 4.98 Å². The molecule has 4 aromatic rings. The quantitative estimate of drug-likeness (QED) is 0.345. The van der Waals surface area contributed by atoms with Crippen molar-refractivity contribution in [2.45, 2.75) is 52.5 Å². The summed E-state index contributed by atoms with van der Waals surface area (Å²) < 4.78 is 19.9. The Hall–Kier alpha value is -3.40. The first-order valence-corrected chi connectivity index (χ1v) is 13.1. The van der Waals surface area contributed by atoms with Gasteiger partial charge < -0.3 is 19.2 Å². The summed E-state index contributed by atoms with van der Waals surface area (Å²) in [6.45, 7) is 6.94. The molecule has 1 saturated heterocycles. The van der Waals surface area contributed by atoms with Crippen LogP contribution in [-0.2, 0) is 35.4 Å². The number of fused-ring (bicyclic) bond motifs is 1. The Balaban J connectivity index is 1.47. The van der Waals surface area contributed by atoms with E-state index in [-0.39, 0.29) is 18.4 Å². The van der Waals surface area contributed by atoms with E-state index in [9.17, 15) is 9.59 Å². The van der Waals surface area contributed by atoms with E-state index in [0.29, 0.717) is 36.9 Å². The zero-order valence-electron chi connectivity index (χ0n) is 21.7. The highest BCUT2D eigenvalue weighted by Gasteiger charge is 2.29. The van der Waals surface area contributed by atoms with Crippen molar-refractivity contribution in [2.24, 2.45) is 5.92 Å². The van der Waals surface area contributed by atoms with Crippen molar-refractivity contribution in [1.29, 1.82) is 0 Å². The number of aromatic nitrogens is 3. The molecular formula is C28H31ClN4O5. The summed E-state index contributed by atoms with van der Waals surface area (Å²) in [4.78, 5) is 31.0. The van der Waals surface area contributed by atoms with E-state index in [4.69, 9.17) is 25.5 Å². The van der Waals surface area contributed by atoms with E-state index in [1.165, 1.54) is 4.57 Å². The number of nitrogens with one attached hydrogen (secondary N) is 1. The highest BCUT2D eigenvalue weighted by Crippen LogP contribution is 2.25. The molecular weight excluding hydrogens is 508 g/mol. The van der Waals surface area contributed by atoms with Gasteiger partial charge in [0.1, 0.15) is 11.3 Å². The summed E-state index contributed by atoms with van der Waals surface area (Å²) in [6.07, 6.45) is 1.34. The van der Waals surface area contributed by atoms with Gasteiger partial charge in [-0.15, -0.1) is 0 Å². The largest absolute Gasteiger partial charge is 0.461 e. The molecule has 2 aromatic heterocycles. The van der Waals surface area contributed by atoms with Gasteiger partial charge in [-0.05, 0) is 62.2 Å². The van der Waals surface area contributed by atoms with Crippen molar-refractivity contribution in [3.8, 4) is 0 Å². The van der Waals surface area contributed by atoms with Crippen LogP contribution in [0.15, 0.2) is 62.5 Å². The average molecular weight is 539 g/mol. The van der Waals surface area contributed by atoms with Gasteiger partial charge in [-0.3, -0.25) is 4.57 Å². The lowest BCUT2D eigenvalue weighted by molar-refractivity contribution is -0.263. The number of benzene rings is 2. The summed E-state index contributed by atoms with van der Waals surface area (Å²) >= 11 is 6.03. The Morgan fingerprint density at radius 3 is 2.50 bits per heavy atom. The van der Waals surface area contributed by atoms with Gasteiger partial charge in [0, 0.05) is 41.5 Å². The van der Waals surface area contributed by atoms with Gasteiger partial charge in [0.2, 0.25) is 5.95 Å². The van der Waals surface area contributed by atoms with Crippen LogP contribution in [-0.4, -0.2) is 33.1 Å². The molecule has 10 heteroatoms. The van der Waals surface area contributed by atoms with Gasteiger partial charge in [0.25, 0.3) is 0 Å². The van der Waals surface area contributed by atoms with E-state index >= 15 is 0 Å². The van der Waals surface area contributed by atoms with Crippen LogP contribution < -0.4 is 16.7 Å². The van der Waals surface area contributed by atoms with Gasteiger partial charge >= 0.3 is 11.4 Å². The SMILES string of the molecule is CCc1cc2cc(Nc3nc(=O)n(CC4COC(C)(C)OC4)c(=O)n3CCc3ccc(Cl)cc3)ccc2o1. The number of halogens is 1. The zero-order chi connectivity index (χ0) is 26.9. The van der Waals surface area contributed by atoms with Crippen molar-refractivity contribution in [3.05, 3.63) is 85.8 Å². The molecule has 200 valence electrons. The van der Waals surface area contributed by atoms with Crippen molar-refractivity contribution in [2.75, 3.05) is 18.5 Å². The van der Waals surface area contributed by atoms with Crippen molar-refractivity contribution >= 4 is 34.2 Å². The molecule has 0 atom stereocenters. The lowest BCUT2D eigenvalue weighted by atomic mass is 10.1. The van der Waals surface area contributed by atoms with Crippen molar-refractivity contribution < 1.29 is 13.9 Å². The second-order valence-corrected chi connectivity index (χ2v) is 10.4. The van der Waals surface area contributed by atoms with Crippen LogP contribution in [0.3, 0.4) is 0 Å². The Morgan fingerprint density at radius 2 is 1.79 bits per heavy atom. The van der Waals surface area contributed by atoms with E-state index in [2.05, 4.69) is 10.3 Å². The molecule has 3 heterocycles. The summed E-state index contributed by atoms with van der Waals surface area (Å²) in [5.41, 5.74) is 1.41. The first-order valence-electron chi connectivity index (χ1n) is 12.7. The minimum atomic E-state index is -0.680. The van der Waals surface area contributed by atoms with Gasteiger partial charge in [0.05, 0.1) is 13.2 Å². The van der Waals surface area contributed by atoms with Gasteiger partial charge in [-0.1, -0.05) is 30.7 Å². The van der Waals surface area contributed by atoms with Crippen LogP contribution in [0.25, 0.3) is 11.0 Å². The zero-order valence-corrected chi connectivity index (χ0v) is 22.5. The first kappa shape index (κ1) is 26.2. The van der Waals surface area contributed by atoms with Crippen LogP contribution in [0, 0.1) is 5.92 Å². The molecule has 0 radical (unpaired) electrons. The number of aryl methyl sites for hydroxylation is 2. The third kappa shape index (κ3) is 5.85. The smallest absolute Gasteiger partial charge is 0.354 e. The molecule has 1 N–H and O–H groups in total. The summed E-state index contributed by atoms with van der Waals surface area (Å²) in [6, 6.07) is 15.1. The number of nitrogens with zero attached hydrogens (tertiary/aromatic N) is 3. The fourth-order valence-corrected chi connectivity index (χ4v) is 4.57. The molecule has 0 aliphatic carbocycles. The molecule has 1 fully saturated rings. The van der Waals surface area contributed by atoms with E-state index in [1.807, 2.05) is 69.3 Å². The minimum absolute atomic E-state index is 0.144. The predicted molar refractivity (Wildman–Crippen MR) is 146 cm³/mol. The summed E-state index contributed by atoms with van der Waals surface area (Å²) in [5, 5.41) is 4.76. The van der Waals surface area contributed by atoms with E-state index < -0.39 is 17.2 Å². The number of rotatable bonds is 8. The van der Waals surface area contributed by atoms with E-state index in [1.54, 1.807) is 0 Å². The maximum absolute atomic E-state index is 13.7. The highest BCUT2D eigenvalue weighted by atomic mass is 35.5. The molecule has 5 rings (SSSR count). The third-order valence-corrected chi connectivity index (χ3v) is 6.89. The molecule has 0 amide bonds. The maximum Gasteiger partial charge on any atom is 0.354 e. The standard InChI is InChI=1S/C28H31ClN4O5/c1-4-23-14-20-13-22(9-10-24(20)38-23)30-25-31-26(34)33(15-19-16-36-28(2,3)37-17-19)27(35)32(25)12-11-18-5-7-21(29)8-6-18/h5-10,13-14,19H,4,11-12,15-17H2,1-3H3,(H,30,31,34). The Labute approximate surface area is 225 Å². The Bertz CT molecular complexity index is 1540. The number of ether oxygens (including phenoxy) is 2. The monoisotopic (exact) mass is 538 g/mol. The lowest BCUT2D eigenvalue weighted by Gasteiger charge is -2.35. The fourth-order valence-electron chi connectivity index (χ4n) is 4.44. The van der Waals surface area contributed by atoms with Crippen LogP contribution in [0.5, 0.6) is 0 Å². The molecule has 1 aliphatic heterocycles. The number of hydrogen-bond acceptors (Lipinski definition) is 7. The normalized spacial score (nSPS) is 15.7. The molecule has 0 spiro atoms. The number of furan rings is 1. The van der Waals surface area contributed by atoms with Crippen molar-refractivity contribution in [1.82, 2.24) is 14.1 Å². The van der Waals surface area contributed by atoms with Crippen LogP contribution in [0.1, 0.15) is 32.1 Å². The van der Waals surface area contributed by atoms with Crippen LogP contribution in [0.4, 0.5) is 11.6 Å². The summed E-state index contributed by atoms with van der Waals surface area (Å²) in [5.74, 6) is 0.244. The lowest BCUT2D eigenvalue weighted by Crippen LogP contribution is -2.47. The predicted octanol–water partition coefficient (Wildman–Crippen LogP) is 4.75. The van der Waals surface area contributed by atoms with Gasteiger partial charge in [-0.25, -0.2) is 14.2 Å². The molecule has 9 nitrogen and oxygen atoms in total. The minimum Gasteiger partial charge on any atom is -0.461 e. The fraction of sp³-hybridized carbons (Fsp3) is 0.393. The molecule has 2 aromatic carbocycles.